The van der Waals surface area contributed by atoms with Crippen LogP contribution in [0.25, 0.3) is 11.1 Å². The third-order valence-corrected chi connectivity index (χ3v) is 4.43. The topological polar surface area (TPSA) is 44.0 Å². The monoisotopic (exact) mass is 300 g/mol. The fourth-order valence-electron chi connectivity index (χ4n) is 2.50. The predicted molar refractivity (Wildman–Crippen MR) is 85.7 cm³/mol. The third kappa shape index (κ3) is 2.38. The highest BCUT2D eigenvalue weighted by molar-refractivity contribution is 8.02. The number of fused-ring (bicyclic) bond motifs is 1. The van der Waals surface area contributed by atoms with Crippen molar-refractivity contribution < 1.29 is 0 Å². The molecule has 0 saturated heterocycles. The lowest BCUT2D eigenvalue weighted by molar-refractivity contribution is 0.543. The Balaban J connectivity index is 2.36. The number of hydrogen-bond acceptors (Lipinski definition) is 3. The van der Waals surface area contributed by atoms with Gasteiger partial charge in [0.15, 0.2) is 0 Å². The van der Waals surface area contributed by atoms with Gasteiger partial charge in [-0.1, -0.05) is 55.1 Å². The summed E-state index contributed by atoms with van der Waals surface area (Å²) in [5.41, 5.74) is 1.08. The van der Waals surface area contributed by atoms with E-state index in [0.717, 1.165) is 17.0 Å². The zero-order valence-corrected chi connectivity index (χ0v) is 12.6. The van der Waals surface area contributed by atoms with Crippen LogP contribution in [0.2, 0.25) is 0 Å². The van der Waals surface area contributed by atoms with Crippen molar-refractivity contribution in [1.82, 2.24) is 9.13 Å². The Morgan fingerprint density at radius 1 is 1.19 bits per heavy atom. The second-order valence-corrected chi connectivity index (χ2v) is 5.78. The van der Waals surface area contributed by atoms with Crippen LogP contribution in [0, 0.1) is 0 Å². The summed E-state index contributed by atoms with van der Waals surface area (Å²) in [6.07, 6.45) is 2.69. The first-order valence-electron chi connectivity index (χ1n) is 6.98. The van der Waals surface area contributed by atoms with E-state index in [-0.39, 0.29) is 11.2 Å². The zero-order chi connectivity index (χ0) is 14.8. The van der Waals surface area contributed by atoms with E-state index in [0.29, 0.717) is 18.7 Å². The molecule has 0 radical (unpaired) electrons. The average Bonchev–Trinajstić information content (AvgIpc) is 2.53. The molecule has 1 aliphatic rings. The highest BCUT2D eigenvalue weighted by Gasteiger charge is 2.20. The van der Waals surface area contributed by atoms with Crippen LogP contribution in [-0.4, -0.2) is 9.13 Å². The van der Waals surface area contributed by atoms with Gasteiger partial charge in [0.2, 0.25) is 0 Å². The van der Waals surface area contributed by atoms with Crippen LogP contribution in [0.5, 0.6) is 0 Å². The van der Waals surface area contributed by atoms with E-state index in [1.165, 1.54) is 16.3 Å². The van der Waals surface area contributed by atoms with Crippen molar-refractivity contribution in [2.45, 2.75) is 31.5 Å². The van der Waals surface area contributed by atoms with Gasteiger partial charge >= 0.3 is 5.69 Å². The lowest BCUT2D eigenvalue weighted by atomic mass is 10.1. The molecule has 21 heavy (non-hydrogen) atoms. The van der Waals surface area contributed by atoms with Crippen molar-refractivity contribution in [2.24, 2.45) is 0 Å². The van der Waals surface area contributed by atoms with Crippen molar-refractivity contribution in [2.75, 3.05) is 0 Å². The Bertz CT molecular complexity index is 804. The first kappa shape index (κ1) is 13.9. The first-order chi connectivity index (χ1) is 10.2. The molecule has 0 saturated carbocycles. The molecule has 108 valence electrons. The molecule has 0 amide bonds. The number of thioether (sulfide) groups is 1. The van der Waals surface area contributed by atoms with E-state index in [4.69, 9.17) is 0 Å². The molecule has 0 unspecified atom stereocenters. The molecule has 3 rings (SSSR count). The van der Waals surface area contributed by atoms with Crippen LogP contribution >= 0.6 is 11.8 Å². The summed E-state index contributed by atoms with van der Waals surface area (Å²) in [7, 11) is 0. The van der Waals surface area contributed by atoms with Crippen LogP contribution in [0.3, 0.4) is 0 Å². The minimum Gasteiger partial charge on any atom is -0.283 e. The lowest BCUT2D eigenvalue weighted by Gasteiger charge is -2.19. The second-order valence-electron chi connectivity index (χ2n) is 4.89. The molecule has 1 aromatic carbocycles. The molecule has 5 heteroatoms. The van der Waals surface area contributed by atoms with Gasteiger partial charge < -0.3 is 0 Å². The Labute approximate surface area is 126 Å². The number of nitrogens with zero attached hydrogens (tertiary/aromatic N) is 2. The predicted octanol–water partition coefficient (Wildman–Crippen LogP) is 2.71. The molecule has 0 N–H and O–H groups in total. The van der Waals surface area contributed by atoms with Gasteiger partial charge in [-0.3, -0.25) is 13.9 Å². The lowest BCUT2D eigenvalue weighted by Crippen LogP contribution is -2.41. The Hall–Kier alpha value is -2.01. The Morgan fingerprint density at radius 2 is 1.95 bits per heavy atom. The van der Waals surface area contributed by atoms with Gasteiger partial charge in [0, 0.05) is 13.1 Å². The average molecular weight is 300 g/mol. The van der Waals surface area contributed by atoms with Crippen molar-refractivity contribution in [1.29, 1.82) is 0 Å². The van der Waals surface area contributed by atoms with Crippen LogP contribution in [0.1, 0.15) is 13.3 Å². The molecule has 0 atom stereocenters. The third-order valence-electron chi connectivity index (χ3n) is 3.45. The maximum atomic E-state index is 12.8. The molecule has 2 heterocycles. The van der Waals surface area contributed by atoms with Crippen LogP contribution < -0.4 is 11.2 Å². The fourth-order valence-corrected chi connectivity index (χ4v) is 3.41. The van der Waals surface area contributed by atoms with Crippen molar-refractivity contribution >= 4 is 11.8 Å². The largest absolute Gasteiger partial charge is 0.332 e. The summed E-state index contributed by atoms with van der Waals surface area (Å²) in [6, 6.07) is 9.56. The van der Waals surface area contributed by atoms with E-state index >= 15 is 0 Å². The summed E-state index contributed by atoms with van der Waals surface area (Å²) < 4.78 is 3.04. The zero-order valence-electron chi connectivity index (χ0n) is 11.8. The number of hydrogen-bond donors (Lipinski definition) is 0. The molecule has 0 bridgehead atoms. The van der Waals surface area contributed by atoms with Gasteiger partial charge in [-0.15, -0.1) is 0 Å². The number of benzene rings is 1. The quantitative estimate of drug-likeness (QED) is 0.819. The van der Waals surface area contributed by atoms with Crippen LogP contribution in [0.4, 0.5) is 0 Å². The van der Waals surface area contributed by atoms with Crippen LogP contribution in [-0.2, 0) is 13.1 Å². The normalized spacial score (nSPS) is 13.2. The highest BCUT2D eigenvalue weighted by atomic mass is 32.2. The Kier molecular flexibility index (Phi) is 3.84. The van der Waals surface area contributed by atoms with Crippen molar-refractivity contribution in [3.8, 4) is 11.1 Å². The number of allylic oxidation sites excluding steroid dienone is 1. The molecule has 0 fully saturated rings. The van der Waals surface area contributed by atoms with Gasteiger partial charge in [-0.2, -0.15) is 0 Å². The standard InChI is InChI=1S/C16H16N2O2S/c1-2-9-17-14(19)13(12-7-4-3-5-8-12)15-18(16(17)20)10-6-11-21-15/h3-8,11H,2,9-10H2,1H3. The fraction of sp³-hybridized carbons (Fsp3) is 0.250. The molecular formula is C16H16N2O2S. The maximum Gasteiger partial charge on any atom is 0.332 e. The van der Waals surface area contributed by atoms with Crippen molar-refractivity contribution in [3.05, 3.63) is 62.7 Å². The minimum absolute atomic E-state index is 0.192. The van der Waals surface area contributed by atoms with Gasteiger partial charge in [-0.05, 0) is 17.4 Å². The molecular weight excluding hydrogens is 284 g/mol. The van der Waals surface area contributed by atoms with Gasteiger partial charge in [-0.25, -0.2) is 4.79 Å². The summed E-state index contributed by atoms with van der Waals surface area (Å²) in [5.74, 6) is 0. The van der Waals surface area contributed by atoms with Gasteiger partial charge in [0.25, 0.3) is 5.56 Å². The smallest absolute Gasteiger partial charge is 0.283 e. The van der Waals surface area contributed by atoms with Crippen molar-refractivity contribution in [3.63, 3.8) is 0 Å². The number of aromatic nitrogens is 2. The molecule has 0 spiro atoms. The van der Waals surface area contributed by atoms with Gasteiger partial charge in [0.05, 0.1) is 10.6 Å². The molecule has 1 aromatic heterocycles. The van der Waals surface area contributed by atoms with E-state index in [1.54, 1.807) is 4.57 Å². The first-order valence-corrected chi connectivity index (χ1v) is 7.86. The van der Waals surface area contributed by atoms with E-state index < -0.39 is 0 Å². The summed E-state index contributed by atoms with van der Waals surface area (Å²) in [5, 5.41) is 2.68. The molecule has 4 nitrogen and oxygen atoms in total. The Morgan fingerprint density at radius 3 is 2.67 bits per heavy atom. The van der Waals surface area contributed by atoms with Crippen LogP contribution in [0.15, 0.2) is 56.4 Å². The minimum atomic E-state index is -0.214. The SMILES string of the molecule is CCCn1c(=O)c(-c2ccccc2)c2n(c1=O)CC=CS2. The van der Waals surface area contributed by atoms with E-state index in [2.05, 4.69) is 0 Å². The summed E-state index contributed by atoms with van der Waals surface area (Å²) in [6.45, 7) is 2.93. The molecule has 2 aromatic rings. The van der Waals surface area contributed by atoms with E-state index in [1.807, 2.05) is 48.7 Å². The molecule has 0 aliphatic carbocycles. The number of rotatable bonds is 3. The maximum absolute atomic E-state index is 12.8. The highest BCUT2D eigenvalue weighted by Crippen LogP contribution is 2.30. The second kappa shape index (κ2) is 5.77. The van der Waals surface area contributed by atoms with Gasteiger partial charge in [0.1, 0.15) is 0 Å². The van der Waals surface area contributed by atoms with E-state index in [9.17, 15) is 9.59 Å². The summed E-state index contributed by atoms with van der Waals surface area (Å²) in [4.78, 5) is 25.3. The summed E-state index contributed by atoms with van der Waals surface area (Å²) >= 11 is 1.43. The molecule has 1 aliphatic heterocycles.